The van der Waals surface area contributed by atoms with Crippen LogP contribution in [0.5, 0.6) is 0 Å². The minimum absolute atomic E-state index is 0.368. The van der Waals surface area contributed by atoms with Crippen molar-refractivity contribution in [3.05, 3.63) is 47.2 Å². The van der Waals surface area contributed by atoms with Crippen molar-refractivity contribution < 1.29 is 4.79 Å². The van der Waals surface area contributed by atoms with Crippen molar-refractivity contribution in [2.75, 3.05) is 38.1 Å². The maximum absolute atomic E-state index is 11.0. The minimum Gasteiger partial charge on any atom is -0.368 e. The number of benzene rings is 1. The van der Waals surface area contributed by atoms with Gasteiger partial charge in [-0.05, 0) is 31.3 Å². The summed E-state index contributed by atoms with van der Waals surface area (Å²) in [7, 11) is 2.13. The van der Waals surface area contributed by atoms with E-state index in [1.807, 2.05) is 18.2 Å². The number of anilines is 1. The molecule has 1 aliphatic rings. The van der Waals surface area contributed by atoms with E-state index in [-0.39, 0.29) is 0 Å². The Bertz CT molecular complexity index is 930. The Morgan fingerprint density at radius 1 is 1.12 bits per heavy atom. The van der Waals surface area contributed by atoms with Crippen LogP contribution in [0, 0.1) is 0 Å². The van der Waals surface area contributed by atoms with Crippen LogP contribution in [0.25, 0.3) is 16.9 Å². The van der Waals surface area contributed by atoms with Gasteiger partial charge in [0.05, 0.1) is 22.6 Å². The second kappa shape index (κ2) is 6.46. The molecular weight excluding hydrogens is 338 g/mol. The Morgan fingerprint density at radius 2 is 1.92 bits per heavy atom. The monoisotopic (exact) mass is 355 g/mol. The first-order valence-corrected chi connectivity index (χ1v) is 8.57. The van der Waals surface area contributed by atoms with Crippen molar-refractivity contribution in [3.63, 3.8) is 0 Å². The van der Waals surface area contributed by atoms with Gasteiger partial charge in [0.25, 0.3) is 0 Å². The van der Waals surface area contributed by atoms with Gasteiger partial charge < -0.3 is 9.80 Å². The van der Waals surface area contributed by atoms with Gasteiger partial charge in [-0.2, -0.15) is 5.10 Å². The molecular formula is C18H18ClN5O. The average Bonchev–Trinajstić information content (AvgIpc) is 3.05. The summed E-state index contributed by atoms with van der Waals surface area (Å²) < 4.78 is 1.67. The highest BCUT2D eigenvalue weighted by Crippen LogP contribution is 2.31. The smallest absolute Gasteiger partial charge is 0.170 e. The van der Waals surface area contributed by atoms with E-state index >= 15 is 0 Å². The van der Waals surface area contributed by atoms with E-state index in [0.717, 1.165) is 49.4 Å². The molecule has 0 unspecified atom stereocenters. The van der Waals surface area contributed by atoms with Gasteiger partial charge in [0.2, 0.25) is 0 Å². The molecule has 0 saturated carbocycles. The number of aldehydes is 1. The number of aromatic nitrogens is 3. The van der Waals surface area contributed by atoms with Crippen molar-refractivity contribution in [2.24, 2.45) is 0 Å². The van der Waals surface area contributed by atoms with Crippen LogP contribution in [0.15, 0.2) is 36.5 Å². The average molecular weight is 356 g/mol. The number of carbonyl (C=O) groups excluding carboxylic acids is 1. The summed E-state index contributed by atoms with van der Waals surface area (Å²) in [5.74, 6) is 0. The maximum Gasteiger partial charge on any atom is 0.170 e. The predicted octanol–water partition coefficient (Wildman–Crippen LogP) is 2.61. The van der Waals surface area contributed by atoms with Crippen LogP contribution in [0.4, 0.5) is 5.69 Å². The molecule has 3 aromatic rings. The van der Waals surface area contributed by atoms with Crippen LogP contribution in [0.2, 0.25) is 5.02 Å². The fourth-order valence-electron chi connectivity index (χ4n) is 3.12. The molecule has 3 heterocycles. The number of hydrogen-bond acceptors (Lipinski definition) is 5. The topological polar surface area (TPSA) is 53.7 Å². The van der Waals surface area contributed by atoms with E-state index in [4.69, 9.17) is 11.6 Å². The summed E-state index contributed by atoms with van der Waals surface area (Å²) in [5, 5.41) is 5.02. The lowest BCUT2D eigenvalue weighted by Crippen LogP contribution is -2.44. The quantitative estimate of drug-likeness (QED) is 0.676. The molecule has 6 nitrogen and oxygen atoms in total. The maximum atomic E-state index is 11.0. The van der Waals surface area contributed by atoms with E-state index < -0.39 is 0 Å². The standard InChI is InChI=1S/C18H18ClN5O/c1-22-6-8-23(9-7-22)16-4-2-13(10-15(16)19)17-11-20-18-5-3-14(12-25)21-24(17)18/h2-5,10-12H,6-9H2,1H3. The molecule has 0 N–H and O–H groups in total. The largest absolute Gasteiger partial charge is 0.368 e. The Labute approximate surface area is 150 Å². The van der Waals surface area contributed by atoms with Gasteiger partial charge >= 0.3 is 0 Å². The van der Waals surface area contributed by atoms with Crippen molar-refractivity contribution in [3.8, 4) is 11.3 Å². The number of rotatable bonds is 3. The molecule has 1 aromatic carbocycles. The number of fused-ring (bicyclic) bond motifs is 1. The van der Waals surface area contributed by atoms with Gasteiger partial charge in [-0.1, -0.05) is 17.7 Å². The van der Waals surface area contributed by atoms with Crippen molar-refractivity contribution in [1.82, 2.24) is 19.5 Å². The lowest BCUT2D eigenvalue weighted by atomic mass is 10.1. The van der Waals surface area contributed by atoms with Crippen molar-refractivity contribution in [2.45, 2.75) is 0 Å². The highest BCUT2D eigenvalue weighted by atomic mass is 35.5. The van der Waals surface area contributed by atoms with Crippen LogP contribution < -0.4 is 4.90 Å². The van der Waals surface area contributed by atoms with Crippen molar-refractivity contribution in [1.29, 1.82) is 0 Å². The number of likely N-dealkylation sites (N-methyl/N-ethyl adjacent to an activating group) is 1. The molecule has 7 heteroatoms. The molecule has 1 saturated heterocycles. The summed E-state index contributed by atoms with van der Waals surface area (Å²) in [4.78, 5) is 20.0. The second-order valence-electron chi connectivity index (χ2n) is 6.25. The molecule has 0 amide bonds. The molecule has 128 valence electrons. The molecule has 0 spiro atoms. The summed E-state index contributed by atoms with van der Waals surface area (Å²) in [6, 6.07) is 9.45. The molecule has 1 fully saturated rings. The third-order valence-electron chi connectivity index (χ3n) is 4.59. The SMILES string of the molecule is CN1CCN(c2ccc(-c3cnc4ccc(C=O)nn34)cc2Cl)CC1. The summed E-state index contributed by atoms with van der Waals surface area (Å²) >= 11 is 6.56. The van der Waals surface area contributed by atoms with Crippen LogP contribution in [0.1, 0.15) is 10.5 Å². The molecule has 25 heavy (non-hydrogen) atoms. The van der Waals surface area contributed by atoms with Crippen LogP contribution in [-0.4, -0.2) is 59.0 Å². The van der Waals surface area contributed by atoms with Crippen LogP contribution >= 0.6 is 11.6 Å². The van der Waals surface area contributed by atoms with Gasteiger partial charge in [0.1, 0.15) is 5.69 Å². The fourth-order valence-corrected chi connectivity index (χ4v) is 3.42. The Hall–Kier alpha value is -2.44. The van der Waals surface area contributed by atoms with E-state index in [1.165, 1.54) is 0 Å². The zero-order valence-electron chi connectivity index (χ0n) is 13.9. The van der Waals surface area contributed by atoms with E-state index in [0.29, 0.717) is 16.4 Å². The van der Waals surface area contributed by atoms with Crippen molar-refractivity contribution >= 4 is 29.2 Å². The molecule has 0 bridgehead atoms. The van der Waals surface area contributed by atoms with Gasteiger partial charge in [-0.25, -0.2) is 9.50 Å². The van der Waals surface area contributed by atoms with Crippen LogP contribution in [0.3, 0.4) is 0 Å². The molecule has 4 rings (SSSR count). The molecule has 0 aliphatic carbocycles. The van der Waals surface area contributed by atoms with E-state index in [1.54, 1.807) is 22.8 Å². The Morgan fingerprint density at radius 3 is 2.64 bits per heavy atom. The predicted molar refractivity (Wildman–Crippen MR) is 98.5 cm³/mol. The molecule has 1 aliphatic heterocycles. The van der Waals surface area contributed by atoms with E-state index in [9.17, 15) is 4.79 Å². The van der Waals surface area contributed by atoms with Gasteiger partial charge in [-0.15, -0.1) is 0 Å². The zero-order valence-corrected chi connectivity index (χ0v) is 14.6. The fraction of sp³-hybridized carbons (Fsp3) is 0.278. The first-order valence-electron chi connectivity index (χ1n) is 8.19. The van der Waals surface area contributed by atoms with E-state index in [2.05, 4.69) is 26.9 Å². The number of imidazole rings is 1. The van der Waals surface area contributed by atoms with Gasteiger partial charge in [0.15, 0.2) is 11.9 Å². The highest BCUT2D eigenvalue weighted by molar-refractivity contribution is 6.33. The third kappa shape index (κ3) is 2.99. The number of carbonyl (C=O) groups is 1. The summed E-state index contributed by atoms with van der Waals surface area (Å²) in [6.45, 7) is 4.00. The Balaban J connectivity index is 1.70. The first-order chi connectivity index (χ1) is 12.2. The Kier molecular flexibility index (Phi) is 4.15. The zero-order chi connectivity index (χ0) is 17.4. The second-order valence-corrected chi connectivity index (χ2v) is 6.65. The third-order valence-corrected chi connectivity index (χ3v) is 4.89. The van der Waals surface area contributed by atoms with Gasteiger partial charge in [-0.3, -0.25) is 4.79 Å². The molecule has 0 atom stereocenters. The molecule has 0 radical (unpaired) electrons. The number of halogens is 1. The molecule has 2 aromatic heterocycles. The number of piperazine rings is 1. The number of nitrogens with zero attached hydrogens (tertiary/aromatic N) is 5. The normalized spacial score (nSPS) is 15.7. The van der Waals surface area contributed by atoms with Gasteiger partial charge in [0, 0.05) is 31.7 Å². The summed E-state index contributed by atoms with van der Waals surface area (Å²) in [5.41, 5.74) is 3.84. The van der Waals surface area contributed by atoms with Crippen LogP contribution in [-0.2, 0) is 0 Å². The lowest BCUT2D eigenvalue weighted by molar-refractivity contribution is 0.111. The number of hydrogen-bond donors (Lipinski definition) is 0. The lowest BCUT2D eigenvalue weighted by Gasteiger charge is -2.34. The highest BCUT2D eigenvalue weighted by Gasteiger charge is 2.17. The summed E-state index contributed by atoms with van der Waals surface area (Å²) in [6.07, 6.45) is 2.48. The minimum atomic E-state index is 0.368. The first kappa shape index (κ1) is 16.1.